The number of aliphatic hydroxyl groups is 1. The highest BCUT2D eigenvalue weighted by Gasteiger charge is 2.54. The van der Waals surface area contributed by atoms with Gasteiger partial charge in [-0.15, -0.1) is 17.0 Å². The summed E-state index contributed by atoms with van der Waals surface area (Å²) in [5.41, 5.74) is 2.80. The molecule has 1 saturated carbocycles. The molecular weight excluding hydrogens is 346 g/mol. The van der Waals surface area contributed by atoms with Crippen LogP contribution < -0.4 is 9.47 Å². The van der Waals surface area contributed by atoms with Crippen LogP contribution in [0.5, 0.6) is 11.5 Å². The Morgan fingerprint density at radius 3 is 2.95 bits per heavy atom. The summed E-state index contributed by atoms with van der Waals surface area (Å²) in [6, 6.07) is 4.22. The maximum Gasteiger partial charge on any atom is 0.165 e. The largest absolute Gasteiger partial charge is 0.493 e. The standard InChI is InChI=1S/C17H23NO3.BrH/c1-18-8-7-17-6-5-12(19)9-14(17)21-16-13(20-2)4-3-11(10-18)15(16)17;/h3-4,12,14,19H,5-10H2,1-2H3;1H/t12?,14-,17+;/m1./s1. The second-order valence-corrected chi connectivity index (χ2v) is 6.81. The molecule has 5 heteroatoms. The van der Waals surface area contributed by atoms with E-state index in [0.29, 0.717) is 0 Å². The van der Waals surface area contributed by atoms with Crippen LogP contribution in [0, 0.1) is 0 Å². The summed E-state index contributed by atoms with van der Waals surface area (Å²) in [5.74, 6) is 1.77. The molecule has 2 aliphatic heterocycles. The van der Waals surface area contributed by atoms with Gasteiger partial charge in [0.1, 0.15) is 6.10 Å². The Morgan fingerprint density at radius 1 is 1.36 bits per heavy atom. The van der Waals surface area contributed by atoms with E-state index < -0.39 is 0 Å². The minimum atomic E-state index is -0.231. The SMILES string of the molecule is Br.COc1ccc2c3c1O[C@@H]1CC(O)CC[C@@]31CCN(C)C2. The Balaban J connectivity index is 0.00000144. The molecule has 0 amide bonds. The monoisotopic (exact) mass is 369 g/mol. The molecule has 22 heavy (non-hydrogen) atoms. The van der Waals surface area contributed by atoms with Crippen molar-refractivity contribution in [3.63, 3.8) is 0 Å². The molecule has 0 aromatic heterocycles. The first-order valence-corrected chi connectivity index (χ1v) is 7.87. The molecule has 122 valence electrons. The van der Waals surface area contributed by atoms with E-state index >= 15 is 0 Å². The summed E-state index contributed by atoms with van der Waals surface area (Å²) < 4.78 is 11.8. The Bertz CT molecular complexity index is 579. The first-order chi connectivity index (χ1) is 10.1. The number of ether oxygens (including phenoxy) is 2. The Morgan fingerprint density at radius 2 is 2.18 bits per heavy atom. The Labute approximate surface area is 142 Å². The number of benzene rings is 1. The van der Waals surface area contributed by atoms with E-state index in [4.69, 9.17) is 9.47 Å². The van der Waals surface area contributed by atoms with Gasteiger partial charge in [0, 0.05) is 23.9 Å². The molecule has 1 aliphatic carbocycles. The number of aliphatic hydroxyl groups excluding tert-OH is 1. The van der Waals surface area contributed by atoms with Gasteiger partial charge >= 0.3 is 0 Å². The molecular formula is C17H24BrNO3. The molecule has 4 rings (SSSR count). The summed E-state index contributed by atoms with van der Waals surface area (Å²) in [5, 5.41) is 10.1. The van der Waals surface area contributed by atoms with Gasteiger partial charge in [-0.3, -0.25) is 0 Å². The minimum Gasteiger partial charge on any atom is -0.493 e. The summed E-state index contributed by atoms with van der Waals surface area (Å²) >= 11 is 0. The number of hydrogen-bond acceptors (Lipinski definition) is 4. The zero-order chi connectivity index (χ0) is 14.6. The van der Waals surface area contributed by atoms with Gasteiger partial charge in [-0.05, 0) is 44.5 Å². The third-order valence-corrected chi connectivity index (χ3v) is 5.59. The molecule has 3 aliphatic rings. The molecule has 0 saturated heterocycles. The van der Waals surface area contributed by atoms with Crippen LogP contribution >= 0.6 is 17.0 Å². The van der Waals surface area contributed by atoms with Gasteiger partial charge in [0.15, 0.2) is 11.5 Å². The van der Waals surface area contributed by atoms with E-state index in [1.807, 2.05) is 6.07 Å². The predicted octanol–water partition coefficient (Wildman–Crippen LogP) is 2.65. The summed E-state index contributed by atoms with van der Waals surface area (Å²) in [7, 11) is 3.88. The highest BCUT2D eigenvalue weighted by atomic mass is 79.9. The molecule has 2 heterocycles. The van der Waals surface area contributed by atoms with Crippen molar-refractivity contribution in [2.24, 2.45) is 0 Å². The number of halogens is 1. The zero-order valence-electron chi connectivity index (χ0n) is 13.2. The van der Waals surface area contributed by atoms with Crippen molar-refractivity contribution in [3.05, 3.63) is 23.3 Å². The minimum absolute atomic E-state index is 0. The van der Waals surface area contributed by atoms with Gasteiger partial charge < -0.3 is 19.5 Å². The molecule has 3 atom stereocenters. The van der Waals surface area contributed by atoms with E-state index in [9.17, 15) is 5.11 Å². The fraction of sp³-hybridized carbons (Fsp3) is 0.647. The van der Waals surface area contributed by atoms with Crippen LogP contribution in [0.4, 0.5) is 0 Å². The molecule has 1 aromatic rings. The van der Waals surface area contributed by atoms with Crippen LogP contribution in [0.3, 0.4) is 0 Å². The van der Waals surface area contributed by atoms with Crippen molar-refractivity contribution in [1.29, 1.82) is 0 Å². The van der Waals surface area contributed by atoms with Crippen molar-refractivity contribution in [1.82, 2.24) is 4.90 Å². The fourth-order valence-electron chi connectivity index (χ4n) is 4.50. The highest BCUT2D eigenvalue weighted by molar-refractivity contribution is 8.93. The molecule has 0 bridgehead atoms. The lowest BCUT2D eigenvalue weighted by Gasteiger charge is -2.40. The lowest BCUT2D eigenvalue weighted by atomic mass is 9.65. The van der Waals surface area contributed by atoms with Gasteiger partial charge in [0.2, 0.25) is 0 Å². The van der Waals surface area contributed by atoms with Crippen LogP contribution in [0.1, 0.15) is 36.8 Å². The third-order valence-electron chi connectivity index (χ3n) is 5.59. The van der Waals surface area contributed by atoms with Gasteiger partial charge in [-0.2, -0.15) is 0 Å². The number of rotatable bonds is 1. The van der Waals surface area contributed by atoms with Gasteiger partial charge in [0.25, 0.3) is 0 Å². The molecule has 1 N–H and O–H groups in total. The number of methoxy groups -OCH3 is 1. The molecule has 1 aromatic carbocycles. The zero-order valence-corrected chi connectivity index (χ0v) is 14.9. The van der Waals surface area contributed by atoms with Gasteiger partial charge in [-0.25, -0.2) is 0 Å². The average Bonchev–Trinajstić information content (AvgIpc) is 2.72. The van der Waals surface area contributed by atoms with Crippen molar-refractivity contribution in [2.45, 2.75) is 49.9 Å². The molecule has 0 radical (unpaired) electrons. The molecule has 1 unspecified atom stereocenters. The summed E-state index contributed by atoms with van der Waals surface area (Å²) in [6.07, 6.45) is 3.59. The van der Waals surface area contributed by atoms with Crippen LogP contribution in [-0.2, 0) is 12.0 Å². The molecule has 1 spiro atoms. The van der Waals surface area contributed by atoms with E-state index in [0.717, 1.165) is 50.3 Å². The molecule has 4 nitrogen and oxygen atoms in total. The fourth-order valence-corrected chi connectivity index (χ4v) is 4.50. The van der Waals surface area contributed by atoms with E-state index in [1.54, 1.807) is 7.11 Å². The summed E-state index contributed by atoms with van der Waals surface area (Å²) in [6.45, 7) is 2.04. The van der Waals surface area contributed by atoms with Crippen molar-refractivity contribution >= 4 is 17.0 Å². The second-order valence-electron chi connectivity index (χ2n) is 6.81. The van der Waals surface area contributed by atoms with Crippen LogP contribution in [0.25, 0.3) is 0 Å². The second kappa shape index (κ2) is 5.69. The third kappa shape index (κ3) is 2.17. The predicted molar refractivity (Wildman–Crippen MR) is 90.2 cm³/mol. The van der Waals surface area contributed by atoms with Crippen molar-refractivity contribution in [3.8, 4) is 11.5 Å². The lowest BCUT2D eigenvalue weighted by Crippen LogP contribution is -2.45. The first kappa shape index (κ1) is 16.1. The number of hydrogen-bond donors (Lipinski definition) is 1. The smallest absolute Gasteiger partial charge is 0.165 e. The maximum atomic E-state index is 10.1. The normalized spacial score (nSPS) is 33.0. The van der Waals surface area contributed by atoms with Crippen LogP contribution in [0.2, 0.25) is 0 Å². The maximum absolute atomic E-state index is 10.1. The summed E-state index contributed by atoms with van der Waals surface area (Å²) in [4.78, 5) is 2.39. The van der Waals surface area contributed by atoms with Gasteiger partial charge in [-0.1, -0.05) is 6.07 Å². The number of nitrogens with zero attached hydrogens (tertiary/aromatic N) is 1. The first-order valence-electron chi connectivity index (χ1n) is 7.87. The average molecular weight is 370 g/mol. The van der Waals surface area contributed by atoms with E-state index in [-0.39, 0.29) is 34.6 Å². The quantitative estimate of drug-likeness (QED) is 0.826. The lowest BCUT2D eigenvalue weighted by molar-refractivity contribution is 0.0120. The van der Waals surface area contributed by atoms with Crippen molar-refractivity contribution < 1.29 is 14.6 Å². The topological polar surface area (TPSA) is 41.9 Å². The Kier molecular flexibility index (Phi) is 4.16. The van der Waals surface area contributed by atoms with Crippen LogP contribution in [0.15, 0.2) is 12.1 Å². The van der Waals surface area contributed by atoms with E-state index in [1.165, 1.54) is 11.1 Å². The van der Waals surface area contributed by atoms with Crippen molar-refractivity contribution in [2.75, 3.05) is 20.7 Å². The Hall–Kier alpha value is -0.780. The van der Waals surface area contributed by atoms with Crippen LogP contribution in [-0.4, -0.2) is 42.9 Å². The van der Waals surface area contributed by atoms with E-state index in [2.05, 4.69) is 18.0 Å². The highest BCUT2D eigenvalue weighted by Crippen LogP contribution is 2.57. The molecule has 1 fully saturated rings. The van der Waals surface area contributed by atoms with Gasteiger partial charge in [0.05, 0.1) is 13.2 Å².